The Bertz CT molecular complexity index is 1070. The smallest absolute Gasteiger partial charge is 0.338 e. The number of hydrogen-bond donors (Lipinski definition) is 2. The topological polar surface area (TPSA) is 76.7 Å². The van der Waals surface area contributed by atoms with Crippen molar-refractivity contribution in [1.29, 1.82) is 0 Å². The number of hydrogen-bond acceptors (Lipinski definition) is 4. The minimum atomic E-state index is -0.356. The fraction of sp³-hybridized carbons (Fsp3) is 0.286. The van der Waals surface area contributed by atoms with E-state index in [2.05, 4.69) is 10.6 Å². The molecule has 0 radical (unpaired) electrons. The highest BCUT2D eigenvalue weighted by atomic mass is 16.5. The molecule has 0 bridgehead atoms. The molecular formula is C28H30N2O4. The van der Waals surface area contributed by atoms with Crippen LogP contribution >= 0.6 is 0 Å². The van der Waals surface area contributed by atoms with E-state index < -0.39 is 0 Å². The van der Waals surface area contributed by atoms with Gasteiger partial charge < -0.3 is 20.1 Å². The molecule has 176 valence electrons. The highest BCUT2D eigenvalue weighted by molar-refractivity contribution is 5.90. The van der Waals surface area contributed by atoms with Crippen molar-refractivity contribution in [2.45, 2.75) is 51.4 Å². The third-order valence-corrected chi connectivity index (χ3v) is 5.92. The summed E-state index contributed by atoms with van der Waals surface area (Å²) in [5, 5.41) is 5.93. The Labute approximate surface area is 200 Å². The van der Waals surface area contributed by atoms with Gasteiger partial charge in [-0.1, -0.05) is 48.0 Å². The number of nitrogens with one attached hydrogen (secondary N) is 2. The van der Waals surface area contributed by atoms with Crippen LogP contribution in [0, 0.1) is 6.92 Å². The molecular weight excluding hydrogens is 428 g/mol. The first-order chi connectivity index (χ1) is 16.5. The lowest BCUT2D eigenvalue weighted by atomic mass is 9.93. The van der Waals surface area contributed by atoms with Crippen LogP contribution in [0.5, 0.6) is 5.75 Å². The van der Waals surface area contributed by atoms with E-state index in [1.165, 1.54) is 0 Å². The summed E-state index contributed by atoms with van der Waals surface area (Å²) in [5.41, 5.74) is 3.39. The number of rotatable bonds is 7. The van der Waals surface area contributed by atoms with E-state index >= 15 is 0 Å². The van der Waals surface area contributed by atoms with Crippen molar-refractivity contribution in [3.05, 3.63) is 95.6 Å². The van der Waals surface area contributed by atoms with E-state index in [9.17, 15) is 9.59 Å². The summed E-state index contributed by atoms with van der Waals surface area (Å²) in [6.45, 7) is 2.26. The molecule has 3 aromatic rings. The van der Waals surface area contributed by atoms with Gasteiger partial charge >= 0.3 is 12.0 Å². The van der Waals surface area contributed by atoms with Gasteiger partial charge in [-0.2, -0.15) is 0 Å². The maximum absolute atomic E-state index is 12.3. The molecule has 0 saturated heterocycles. The first-order valence-corrected chi connectivity index (χ1v) is 11.7. The molecule has 1 saturated carbocycles. The molecule has 0 aliphatic heterocycles. The molecule has 0 atom stereocenters. The van der Waals surface area contributed by atoms with Gasteiger partial charge in [0, 0.05) is 11.7 Å². The lowest BCUT2D eigenvalue weighted by Gasteiger charge is -2.29. The molecule has 1 aliphatic carbocycles. The third-order valence-electron chi connectivity index (χ3n) is 5.92. The van der Waals surface area contributed by atoms with E-state index in [1.54, 1.807) is 24.3 Å². The predicted octanol–water partition coefficient (Wildman–Crippen LogP) is 5.86. The van der Waals surface area contributed by atoms with E-state index in [1.807, 2.05) is 61.5 Å². The van der Waals surface area contributed by atoms with Crippen LogP contribution in [0.25, 0.3) is 0 Å². The summed E-state index contributed by atoms with van der Waals surface area (Å²) in [6, 6.07) is 24.4. The van der Waals surface area contributed by atoms with Crippen molar-refractivity contribution in [3.63, 3.8) is 0 Å². The van der Waals surface area contributed by atoms with Gasteiger partial charge in [0.1, 0.15) is 12.4 Å². The maximum atomic E-state index is 12.3. The van der Waals surface area contributed by atoms with Crippen LogP contribution in [0.4, 0.5) is 10.5 Å². The summed E-state index contributed by atoms with van der Waals surface area (Å²) in [7, 11) is 0. The van der Waals surface area contributed by atoms with Crippen LogP contribution in [0.3, 0.4) is 0 Å². The Morgan fingerprint density at radius 2 is 1.53 bits per heavy atom. The van der Waals surface area contributed by atoms with Crippen LogP contribution in [0.1, 0.15) is 47.2 Å². The van der Waals surface area contributed by atoms with Crippen LogP contribution in [-0.4, -0.2) is 24.1 Å². The first-order valence-electron chi connectivity index (χ1n) is 11.7. The van der Waals surface area contributed by atoms with Gasteiger partial charge in [-0.25, -0.2) is 9.59 Å². The van der Waals surface area contributed by atoms with Gasteiger partial charge in [0.25, 0.3) is 0 Å². The Morgan fingerprint density at radius 1 is 0.853 bits per heavy atom. The molecule has 2 N–H and O–H groups in total. The lowest BCUT2D eigenvalue weighted by Crippen LogP contribution is -2.41. The Hall–Kier alpha value is -3.80. The summed E-state index contributed by atoms with van der Waals surface area (Å²) in [4.78, 5) is 24.5. The van der Waals surface area contributed by atoms with E-state index in [0.29, 0.717) is 5.56 Å². The molecule has 34 heavy (non-hydrogen) atoms. The number of ether oxygens (including phenoxy) is 2. The highest BCUT2D eigenvalue weighted by Crippen LogP contribution is 2.24. The second-order valence-corrected chi connectivity index (χ2v) is 8.64. The molecule has 6 heteroatoms. The lowest BCUT2D eigenvalue weighted by molar-refractivity contribution is 0.0472. The molecule has 3 aromatic carbocycles. The van der Waals surface area contributed by atoms with Crippen LogP contribution < -0.4 is 15.4 Å². The minimum Gasteiger partial charge on any atom is -0.490 e. The quantitative estimate of drug-likeness (QED) is 0.435. The molecule has 1 aliphatic rings. The number of carbonyl (C=O) groups excluding carboxylic acids is 2. The highest BCUT2D eigenvalue weighted by Gasteiger charge is 2.23. The largest absolute Gasteiger partial charge is 0.490 e. The molecule has 4 rings (SSSR count). The second kappa shape index (κ2) is 11.4. The van der Waals surface area contributed by atoms with Crippen molar-refractivity contribution in [2.75, 3.05) is 5.32 Å². The summed E-state index contributed by atoms with van der Waals surface area (Å²) >= 11 is 0. The Kier molecular flexibility index (Phi) is 7.81. The van der Waals surface area contributed by atoms with Gasteiger partial charge in [0.05, 0.1) is 11.7 Å². The third kappa shape index (κ3) is 6.85. The molecule has 0 spiro atoms. The van der Waals surface area contributed by atoms with E-state index in [-0.39, 0.29) is 30.8 Å². The van der Waals surface area contributed by atoms with Crippen molar-refractivity contribution in [2.24, 2.45) is 0 Å². The zero-order chi connectivity index (χ0) is 23.8. The van der Waals surface area contributed by atoms with Crippen molar-refractivity contribution in [1.82, 2.24) is 5.32 Å². The van der Waals surface area contributed by atoms with Crippen molar-refractivity contribution in [3.8, 4) is 5.75 Å². The monoisotopic (exact) mass is 458 g/mol. The fourth-order valence-electron chi connectivity index (χ4n) is 3.98. The number of esters is 1. The van der Waals surface area contributed by atoms with Crippen LogP contribution in [0.15, 0.2) is 78.9 Å². The summed E-state index contributed by atoms with van der Waals surface area (Å²) < 4.78 is 11.5. The number of urea groups is 1. The average Bonchev–Trinajstić information content (AvgIpc) is 2.86. The summed E-state index contributed by atoms with van der Waals surface area (Å²) in [6.07, 6.45) is 3.52. The molecule has 0 aromatic heterocycles. The fourth-order valence-corrected chi connectivity index (χ4v) is 3.98. The molecule has 1 fully saturated rings. The van der Waals surface area contributed by atoms with Crippen molar-refractivity contribution >= 4 is 17.7 Å². The number of anilines is 1. The molecule has 0 unspecified atom stereocenters. The summed E-state index contributed by atoms with van der Waals surface area (Å²) in [5.74, 6) is 0.374. The molecule has 0 heterocycles. The predicted molar refractivity (Wildman–Crippen MR) is 132 cm³/mol. The second-order valence-electron chi connectivity index (χ2n) is 8.64. The average molecular weight is 459 g/mol. The van der Waals surface area contributed by atoms with Crippen LogP contribution in [-0.2, 0) is 11.3 Å². The zero-order valence-corrected chi connectivity index (χ0v) is 19.3. The Balaban J connectivity index is 1.18. The number of amides is 2. The number of aryl methyl sites for hydroxylation is 1. The van der Waals surface area contributed by atoms with Crippen LogP contribution in [0.2, 0.25) is 0 Å². The SMILES string of the molecule is Cc1ccc(NC(=O)NC2CCC(Oc3ccc(C(=O)OCc4ccccc4)cc3)CC2)cc1. The Morgan fingerprint density at radius 3 is 2.21 bits per heavy atom. The van der Waals surface area contributed by atoms with Gasteiger partial charge in [0.2, 0.25) is 0 Å². The van der Waals surface area contributed by atoms with Gasteiger partial charge in [-0.05, 0) is 74.6 Å². The minimum absolute atomic E-state index is 0.0918. The number of benzene rings is 3. The van der Waals surface area contributed by atoms with Gasteiger partial charge in [0.15, 0.2) is 0 Å². The standard InChI is InChI=1S/C28H30N2O4/c1-20-7-11-23(12-8-20)29-28(32)30-24-13-17-26(18-14-24)34-25-15-9-22(10-16-25)27(31)33-19-21-5-3-2-4-6-21/h2-12,15-16,24,26H,13-14,17-19H2,1H3,(H2,29,30,32). The van der Waals surface area contributed by atoms with E-state index in [4.69, 9.17) is 9.47 Å². The van der Waals surface area contributed by atoms with Crippen molar-refractivity contribution < 1.29 is 19.1 Å². The molecule has 6 nitrogen and oxygen atoms in total. The zero-order valence-electron chi connectivity index (χ0n) is 19.3. The maximum Gasteiger partial charge on any atom is 0.338 e. The number of carbonyl (C=O) groups is 2. The van der Waals surface area contributed by atoms with Gasteiger partial charge in [-0.3, -0.25) is 0 Å². The first kappa shape index (κ1) is 23.4. The van der Waals surface area contributed by atoms with Gasteiger partial charge in [-0.15, -0.1) is 0 Å². The molecule has 2 amide bonds. The normalized spacial score (nSPS) is 17.4. The van der Waals surface area contributed by atoms with E-state index in [0.717, 1.165) is 48.2 Å².